The molecule has 1 saturated carbocycles. The number of benzene rings is 2. The van der Waals surface area contributed by atoms with Gasteiger partial charge in [-0.25, -0.2) is 0 Å². The Hall–Kier alpha value is -2.62. The lowest BCUT2D eigenvalue weighted by atomic mass is 9.91. The van der Waals surface area contributed by atoms with Crippen LogP contribution in [0.2, 0.25) is 0 Å². The van der Waals surface area contributed by atoms with Gasteiger partial charge in [0.2, 0.25) is 11.8 Å². The van der Waals surface area contributed by atoms with Crippen LogP contribution in [0.3, 0.4) is 0 Å². The fourth-order valence-corrected chi connectivity index (χ4v) is 5.07. The van der Waals surface area contributed by atoms with Gasteiger partial charge in [-0.2, -0.15) is 0 Å². The summed E-state index contributed by atoms with van der Waals surface area (Å²) in [5.74, 6) is -0.262. The molecule has 0 aromatic heterocycles. The van der Waals surface area contributed by atoms with Crippen molar-refractivity contribution in [1.82, 2.24) is 4.90 Å². The summed E-state index contributed by atoms with van der Waals surface area (Å²) < 4.78 is 0. The van der Waals surface area contributed by atoms with Crippen LogP contribution in [0, 0.1) is 5.92 Å². The average Bonchev–Trinajstić information content (AvgIpc) is 3.31. The third-order valence-corrected chi connectivity index (χ3v) is 6.29. The first-order valence-electron chi connectivity index (χ1n) is 9.49. The lowest BCUT2D eigenvalue weighted by Gasteiger charge is -2.27. The summed E-state index contributed by atoms with van der Waals surface area (Å²) >= 11 is 0. The molecule has 2 heterocycles. The topological polar surface area (TPSA) is 49.4 Å². The molecule has 5 rings (SSSR count). The van der Waals surface area contributed by atoms with Crippen LogP contribution in [-0.4, -0.2) is 29.8 Å². The number of hydrogen-bond acceptors (Lipinski definition) is 2. The Labute approximate surface area is 153 Å². The quantitative estimate of drug-likeness (QED) is 0.907. The van der Waals surface area contributed by atoms with Crippen molar-refractivity contribution in [3.05, 3.63) is 65.7 Å². The fraction of sp³-hybridized carbons (Fsp3) is 0.364. The second-order valence-corrected chi connectivity index (χ2v) is 7.62. The molecule has 0 bridgehead atoms. The summed E-state index contributed by atoms with van der Waals surface area (Å²) in [7, 11) is 0. The molecule has 0 radical (unpaired) electrons. The molecule has 1 spiro atoms. The van der Waals surface area contributed by atoms with Gasteiger partial charge in [0, 0.05) is 24.7 Å². The summed E-state index contributed by atoms with van der Waals surface area (Å²) in [6, 6.07) is 17.9. The molecule has 1 aliphatic carbocycles. The SMILES string of the molecule is O=C([C@H]1[C@H](c2ccccc2)[C@]12C(=O)Nc1ccccc12)N1CCCCC1. The number of carbonyl (C=O) groups excluding carboxylic acids is 2. The molecule has 2 fully saturated rings. The summed E-state index contributed by atoms with van der Waals surface area (Å²) in [6.45, 7) is 1.63. The third kappa shape index (κ3) is 2.02. The van der Waals surface area contributed by atoms with Gasteiger partial charge in [-0.3, -0.25) is 9.59 Å². The largest absolute Gasteiger partial charge is 0.342 e. The average molecular weight is 346 g/mol. The number of fused-ring (bicyclic) bond motifs is 2. The van der Waals surface area contributed by atoms with Crippen molar-refractivity contribution in [2.24, 2.45) is 5.92 Å². The van der Waals surface area contributed by atoms with Gasteiger partial charge in [-0.1, -0.05) is 48.5 Å². The maximum Gasteiger partial charge on any atom is 0.236 e. The minimum Gasteiger partial charge on any atom is -0.342 e. The molecule has 2 aliphatic heterocycles. The predicted molar refractivity (Wildman–Crippen MR) is 99.9 cm³/mol. The Bertz CT molecular complexity index is 873. The minimum absolute atomic E-state index is 0.0251. The molecule has 4 nitrogen and oxygen atoms in total. The maximum absolute atomic E-state index is 13.4. The zero-order valence-corrected chi connectivity index (χ0v) is 14.7. The van der Waals surface area contributed by atoms with E-state index in [4.69, 9.17) is 0 Å². The van der Waals surface area contributed by atoms with Crippen LogP contribution in [0.4, 0.5) is 5.69 Å². The number of amides is 2. The van der Waals surface area contributed by atoms with Gasteiger partial charge in [-0.15, -0.1) is 0 Å². The van der Waals surface area contributed by atoms with E-state index in [0.29, 0.717) is 0 Å². The number of piperidine rings is 1. The number of hydrogen-bond donors (Lipinski definition) is 1. The summed E-state index contributed by atoms with van der Waals surface area (Å²) in [4.78, 5) is 28.5. The second kappa shape index (κ2) is 5.70. The maximum atomic E-state index is 13.4. The first kappa shape index (κ1) is 15.6. The van der Waals surface area contributed by atoms with E-state index in [1.54, 1.807) is 0 Å². The summed E-state index contributed by atoms with van der Waals surface area (Å²) in [6.07, 6.45) is 3.31. The number of nitrogens with one attached hydrogen (secondary N) is 1. The zero-order valence-electron chi connectivity index (χ0n) is 14.7. The molecule has 1 N–H and O–H groups in total. The summed E-state index contributed by atoms with van der Waals surface area (Å²) in [5, 5.41) is 3.03. The first-order chi connectivity index (χ1) is 12.7. The third-order valence-electron chi connectivity index (χ3n) is 6.29. The van der Waals surface area contributed by atoms with E-state index < -0.39 is 5.41 Å². The van der Waals surface area contributed by atoms with Gasteiger partial charge in [0.15, 0.2) is 0 Å². The minimum atomic E-state index is -0.744. The second-order valence-electron chi connectivity index (χ2n) is 7.62. The van der Waals surface area contributed by atoms with E-state index in [0.717, 1.165) is 42.7 Å². The number of rotatable bonds is 2. The Balaban J connectivity index is 1.60. The van der Waals surface area contributed by atoms with Crippen molar-refractivity contribution >= 4 is 17.5 Å². The van der Waals surface area contributed by atoms with Crippen LogP contribution < -0.4 is 5.32 Å². The molecule has 2 aromatic rings. The van der Waals surface area contributed by atoms with Crippen LogP contribution in [0.25, 0.3) is 0 Å². The standard InChI is InChI=1S/C22H22N2O2/c25-20(24-13-7-2-8-14-24)19-18(15-9-3-1-4-10-15)22(19)16-11-5-6-12-17(16)23-21(22)26/h1,3-6,9-12,18-19H,2,7-8,13-14H2,(H,23,26)/t18-,19+,22-/m0/s1. The van der Waals surface area contributed by atoms with Gasteiger partial charge >= 0.3 is 0 Å². The predicted octanol–water partition coefficient (Wildman–Crippen LogP) is 3.30. The number of carbonyl (C=O) groups is 2. The molecule has 3 atom stereocenters. The highest BCUT2D eigenvalue weighted by molar-refractivity contribution is 6.14. The fourth-order valence-electron chi connectivity index (χ4n) is 5.07. The molecule has 4 heteroatoms. The Kier molecular flexibility index (Phi) is 3.42. The van der Waals surface area contributed by atoms with Crippen LogP contribution in [0.1, 0.15) is 36.3 Å². The number of nitrogens with zero attached hydrogens (tertiary/aromatic N) is 1. The van der Waals surface area contributed by atoms with Crippen LogP contribution in [0.15, 0.2) is 54.6 Å². The smallest absolute Gasteiger partial charge is 0.236 e. The molecule has 3 aliphatic rings. The van der Waals surface area contributed by atoms with Crippen molar-refractivity contribution in [1.29, 1.82) is 0 Å². The van der Waals surface area contributed by atoms with Crippen LogP contribution in [0.5, 0.6) is 0 Å². The van der Waals surface area contributed by atoms with Gasteiger partial charge in [-0.05, 0) is 36.5 Å². The van der Waals surface area contributed by atoms with Gasteiger partial charge < -0.3 is 10.2 Å². The van der Waals surface area contributed by atoms with E-state index in [2.05, 4.69) is 5.32 Å². The molecule has 26 heavy (non-hydrogen) atoms. The molecule has 1 saturated heterocycles. The monoisotopic (exact) mass is 346 g/mol. The van der Waals surface area contributed by atoms with E-state index >= 15 is 0 Å². The highest BCUT2D eigenvalue weighted by Crippen LogP contribution is 2.69. The lowest BCUT2D eigenvalue weighted by Crippen LogP contribution is -2.39. The Morgan fingerprint density at radius 3 is 2.42 bits per heavy atom. The van der Waals surface area contributed by atoms with Crippen molar-refractivity contribution in [3.63, 3.8) is 0 Å². The van der Waals surface area contributed by atoms with Crippen LogP contribution >= 0.6 is 0 Å². The van der Waals surface area contributed by atoms with E-state index in [1.807, 2.05) is 59.5 Å². The van der Waals surface area contributed by atoms with E-state index in [9.17, 15) is 9.59 Å². The van der Waals surface area contributed by atoms with Gasteiger partial charge in [0.05, 0.1) is 11.3 Å². The zero-order chi connectivity index (χ0) is 17.7. The molecular weight excluding hydrogens is 324 g/mol. The number of para-hydroxylation sites is 1. The van der Waals surface area contributed by atoms with Gasteiger partial charge in [0.25, 0.3) is 0 Å². The van der Waals surface area contributed by atoms with Crippen LogP contribution in [-0.2, 0) is 15.0 Å². The Morgan fingerprint density at radius 2 is 1.65 bits per heavy atom. The van der Waals surface area contributed by atoms with Gasteiger partial charge in [0.1, 0.15) is 0 Å². The lowest BCUT2D eigenvalue weighted by molar-refractivity contribution is -0.135. The molecule has 0 unspecified atom stereocenters. The first-order valence-corrected chi connectivity index (χ1v) is 9.49. The number of likely N-dealkylation sites (tertiary alicyclic amines) is 1. The van der Waals surface area contributed by atoms with Crippen molar-refractivity contribution < 1.29 is 9.59 Å². The molecule has 2 aromatic carbocycles. The Morgan fingerprint density at radius 1 is 0.962 bits per heavy atom. The number of anilines is 1. The normalized spacial score (nSPS) is 29.4. The van der Waals surface area contributed by atoms with E-state index in [-0.39, 0.29) is 23.7 Å². The summed E-state index contributed by atoms with van der Waals surface area (Å²) in [5.41, 5.74) is 2.17. The molecular formula is C22H22N2O2. The molecule has 2 amide bonds. The molecule has 132 valence electrons. The highest BCUT2D eigenvalue weighted by atomic mass is 16.2. The van der Waals surface area contributed by atoms with Crippen molar-refractivity contribution in [2.75, 3.05) is 18.4 Å². The highest BCUT2D eigenvalue weighted by Gasteiger charge is 2.76. The van der Waals surface area contributed by atoms with Crippen molar-refractivity contribution in [3.8, 4) is 0 Å². The van der Waals surface area contributed by atoms with Crippen molar-refractivity contribution in [2.45, 2.75) is 30.6 Å². The van der Waals surface area contributed by atoms with E-state index in [1.165, 1.54) is 6.42 Å².